The molecule has 1 aliphatic carbocycles. The lowest BCUT2D eigenvalue weighted by molar-refractivity contribution is 0.495. The fourth-order valence-electron chi connectivity index (χ4n) is 3.06. The lowest BCUT2D eigenvalue weighted by Gasteiger charge is -2.20. The van der Waals surface area contributed by atoms with Gasteiger partial charge < -0.3 is 5.32 Å². The Balaban J connectivity index is 2.09. The first-order valence-corrected chi connectivity index (χ1v) is 8.54. The Morgan fingerprint density at radius 2 is 2.00 bits per heavy atom. The van der Waals surface area contributed by atoms with Crippen molar-refractivity contribution in [2.75, 3.05) is 7.05 Å². The molecule has 1 aliphatic rings. The predicted molar refractivity (Wildman–Crippen MR) is 93.4 cm³/mol. The molecule has 1 heteroatoms. The molecule has 1 saturated carbocycles. The molecule has 0 bridgehead atoms. The predicted octanol–water partition coefficient (Wildman–Crippen LogP) is 5.20. The summed E-state index contributed by atoms with van der Waals surface area (Å²) in [6.45, 7) is 6.77. The van der Waals surface area contributed by atoms with Crippen LogP contribution in [0, 0.1) is 18.8 Å². The molecule has 1 nitrogen and oxygen atoms in total. The third-order valence-electron chi connectivity index (χ3n) is 4.52. The first-order chi connectivity index (χ1) is 10.1. The molecule has 1 fully saturated rings. The first kappa shape index (κ1) is 16.3. The van der Waals surface area contributed by atoms with Crippen molar-refractivity contribution in [1.29, 1.82) is 0 Å². The van der Waals surface area contributed by atoms with E-state index in [0.29, 0.717) is 12.0 Å². The van der Waals surface area contributed by atoms with Gasteiger partial charge in [0.2, 0.25) is 0 Å². The van der Waals surface area contributed by atoms with Crippen molar-refractivity contribution in [3.8, 4) is 0 Å². The van der Waals surface area contributed by atoms with Gasteiger partial charge >= 0.3 is 0 Å². The molecule has 116 valence electrons. The van der Waals surface area contributed by atoms with Crippen molar-refractivity contribution >= 4 is 5.57 Å². The number of hydrogen-bond acceptors (Lipinski definition) is 1. The number of aryl methyl sites for hydroxylation is 1. The van der Waals surface area contributed by atoms with Gasteiger partial charge in [-0.2, -0.15) is 0 Å². The maximum Gasteiger partial charge on any atom is 0.0105 e. The van der Waals surface area contributed by atoms with Crippen LogP contribution in [0.5, 0.6) is 0 Å². The van der Waals surface area contributed by atoms with Crippen LogP contribution in [0.2, 0.25) is 0 Å². The molecule has 0 saturated heterocycles. The SMILES string of the molecule is CNC(CCC1CC1)C/C(=C/C(C)C)c1ccccc1C. The molecule has 0 spiro atoms. The Labute approximate surface area is 130 Å². The Bertz CT molecular complexity index is 468. The van der Waals surface area contributed by atoms with Crippen LogP contribution in [0.1, 0.15) is 57.1 Å². The van der Waals surface area contributed by atoms with Crippen LogP contribution in [0.3, 0.4) is 0 Å². The molecule has 1 unspecified atom stereocenters. The van der Waals surface area contributed by atoms with Gasteiger partial charge in [0.1, 0.15) is 0 Å². The third kappa shape index (κ3) is 5.32. The quantitative estimate of drug-likeness (QED) is 0.692. The van der Waals surface area contributed by atoms with E-state index >= 15 is 0 Å². The lowest BCUT2D eigenvalue weighted by Crippen LogP contribution is -2.25. The molecule has 0 radical (unpaired) electrons. The van der Waals surface area contributed by atoms with Crippen molar-refractivity contribution in [2.24, 2.45) is 11.8 Å². The van der Waals surface area contributed by atoms with E-state index in [1.54, 1.807) is 0 Å². The summed E-state index contributed by atoms with van der Waals surface area (Å²) in [6, 6.07) is 9.40. The summed E-state index contributed by atoms with van der Waals surface area (Å²) in [5, 5.41) is 3.54. The van der Waals surface area contributed by atoms with E-state index in [0.717, 1.165) is 12.3 Å². The van der Waals surface area contributed by atoms with Crippen LogP contribution in [0.25, 0.3) is 5.57 Å². The Morgan fingerprint density at radius 1 is 1.29 bits per heavy atom. The molecule has 0 aromatic heterocycles. The number of nitrogens with one attached hydrogen (secondary N) is 1. The second-order valence-corrected chi connectivity index (χ2v) is 6.96. The van der Waals surface area contributed by atoms with Crippen molar-refractivity contribution in [3.63, 3.8) is 0 Å². The largest absolute Gasteiger partial charge is 0.317 e. The van der Waals surface area contributed by atoms with Crippen LogP contribution in [0.4, 0.5) is 0 Å². The minimum absolute atomic E-state index is 0.598. The first-order valence-electron chi connectivity index (χ1n) is 8.54. The average Bonchev–Trinajstić information content (AvgIpc) is 3.26. The van der Waals surface area contributed by atoms with Gasteiger partial charge in [-0.15, -0.1) is 0 Å². The van der Waals surface area contributed by atoms with Crippen molar-refractivity contribution in [2.45, 2.75) is 58.9 Å². The monoisotopic (exact) mass is 285 g/mol. The molecule has 2 rings (SSSR count). The average molecular weight is 285 g/mol. The second kappa shape index (κ2) is 7.79. The smallest absolute Gasteiger partial charge is 0.0105 e. The van der Waals surface area contributed by atoms with Gasteiger partial charge in [-0.05, 0) is 61.8 Å². The number of benzene rings is 1. The zero-order chi connectivity index (χ0) is 15.2. The zero-order valence-electron chi connectivity index (χ0n) is 14.2. The fourth-order valence-corrected chi connectivity index (χ4v) is 3.06. The van der Waals surface area contributed by atoms with Gasteiger partial charge in [0.05, 0.1) is 0 Å². The van der Waals surface area contributed by atoms with E-state index in [4.69, 9.17) is 0 Å². The molecule has 0 aliphatic heterocycles. The summed E-state index contributed by atoms with van der Waals surface area (Å²) in [6.07, 6.45) is 9.22. The normalized spacial score (nSPS) is 17.3. The van der Waals surface area contributed by atoms with Gasteiger partial charge in [0.25, 0.3) is 0 Å². The second-order valence-electron chi connectivity index (χ2n) is 6.96. The molecule has 1 aromatic carbocycles. The lowest BCUT2D eigenvalue weighted by atomic mass is 9.91. The summed E-state index contributed by atoms with van der Waals surface area (Å²) < 4.78 is 0. The minimum Gasteiger partial charge on any atom is -0.317 e. The summed E-state index contributed by atoms with van der Waals surface area (Å²) in [5.74, 6) is 1.62. The van der Waals surface area contributed by atoms with E-state index in [1.807, 2.05) is 0 Å². The summed E-state index contributed by atoms with van der Waals surface area (Å²) in [5.41, 5.74) is 4.33. The number of hydrogen-bond donors (Lipinski definition) is 1. The van der Waals surface area contributed by atoms with E-state index in [2.05, 4.69) is 63.5 Å². The Morgan fingerprint density at radius 3 is 2.57 bits per heavy atom. The molecule has 1 N–H and O–H groups in total. The fraction of sp³-hybridized carbons (Fsp3) is 0.600. The van der Waals surface area contributed by atoms with Crippen molar-refractivity contribution < 1.29 is 0 Å². The molecule has 0 heterocycles. The molecular formula is C20H31N. The third-order valence-corrected chi connectivity index (χ3v) is 4.52. The van der Waals surface area contributed by atoms with Gasteiger partial charge in [0.15, 0.2) is 0 Å². The highest BCUT2D eigenvalue weighted by Crippen LogP contribution is 2.35. The zero-order valence-corrected chi connectivity index (χ0v) is 14.2. The molecule has 0 amide bonds. The van der Waals surface area contributed by atoms with Crippen LogP contribution in [-0.2, 0) is 0 Å². The van der Waals surface area contributed by atoms with E-state index in [-0.39, 0.29) is 0 Å². The summed E-state index contributed by atoms with van der Waals surface area (Å²) in [7, 11) is 2.11. The summed E-state index contributed by atoms with van der Waals surface area (Å²) >= 11 is 0. The van der Waals surface area contributed by atoms with Crippen molar-refractivity contribution in [3.05, 3.63) is 41.5 Å². The molecule has 21 heavy (non-hydrogen) atoms. The van der Waals surface area contributed by atoms with Crippen LogP contribution in [-0.4, -0.2) is 13.1 Å². The molecule has 1 aromatic rings. The summed E-state index contributed by atoms with van der Waals surface area (Å²) in [4.78, 5) is 0. The van der Waals surface area contributed by atoms with Crippen LogP contribution < -0.4 is 5.32 Å². The highest BCUT2D eigenvalue weighted by atomic mass is 14.9. The van der Waals surface area contributed by atoms with Crippen LogP contribution in [0.15, 0.2) is 30.3 Å². The topological polar surface area (TPSA) is 12.0 Å². The Kier molecular flexibility index (Phi) is 6.05. The molecular weight excluding hydrogens is 254 g/mol. The maximum absolute atomic E-state index is 3.54. The highest BCUT2D eigenvalue weighted by molar-refractivity contribution is 5.68. The standard InChI is InChI=1S/C20H31N/c1-15(2)13-18(20-8-6-5-7-16(20)3)14-19(21-4)12-11-17-9-10-17/h5-8,13,15,17,19,21H,9-12,14H2,1-4H3/b18-13-. The van der Waals surface area contributed by atoms with Gasteiger partial charge in [-0.1, -0.05) is 57.0 Å². The minimum atomic E-state index is 0.598. The highest BCUT2D eigenvalue weighted by Gasteiger charge is 2.22. The van der Waals surface area contributed by atoms with Gasteiger partial charge in [-0.3, -0.25) is 0 Å². The van der Waals surface area contributed by atoms with Crippen molar-refractivity contribution in [1.82, 2.24) is 5.32 Å². The number of allylic oxidation sites excluding steroid dienone is 1. The number of rotatable bonds is 8. The Hall–Kier alpha value is -1.08. The van der Waals surface area contributed by atoms with Gasteiger partial charge in [-0.25, -0.2) is 0 Å². The van der Waals surface area contributed by atoms with E-state index < -0.39 is 0 Å². The van der Waals surface area contributed by atoms with E-state index in [1.165, 1.54) is 42.4 Å². The molecule has 1 atom stereocenters. The van der Waals surface area contributed by atoms with Crippen LogP contribution >= 0.6 is 0 Å². The van der Waals surface area contributed by atoms with E-state index in [9.17, 15) is 0 Å². The van der Waals surface area contributed by atoms with Gasteiger partial charge in [0, 0.05) is 6.04 Å². The maximum atomic E-state index is 3.54.